The quantitative estimate of drug-likeness (QED) is 0.444. The van der Waals surface area contributed by atoms with Crippen LogP contribution in [0.15, 0.2) is 47.8 Å². The average Bonchev–Trinajstić information content (AvgIpc) is 3.09. The highest BCUT2D eigenvalue weighted by atomic mass is 35.5. The minimum absolute atomic E-state index is 0.187. The topological polar surface area (TPSA) is 27.1 Å². The van der Waals surface area contributed by atoms with Crippen molar-refractivity contribution < 1.29 is 9.13 Å². The summed E-state index contributed by atoms with van der Waals surface area (Å²) in [5, 5.41) is 1.81. The van der Waals surface area contributed by atoms with Crippen molar-refractivity contribution in [1.82, 2.24) is 9.55 Å². The van der Waals surface area contributed by atoms with Crippen LogP contribution in [-0.2, 0) is 5.41 Å². The van der Waals surface area contributed by atoms with E-state index >= 15 is 0 Å². The molecule has 142 valence electrons. The Hall–Kier alpha value is -1.69. The highest BCUT2D eigenvalue weighted by Gasteiger charge is 2.30. The Labute approximate surface area is 172 Å². The van der Waals surface area contributed by atoms with E-state index in [1.807, 2.05) is 29.2 Å². The van der Waals surface area contributed by atoms with Crippen molar-refractivity contribution in [2.45, 2.75) is 24.4 Å². The number of rotatable bonds is 5. The zero-order chi connectivity index (χ0) is 19.8. The lowest BCUT2D eigenvalue weighted by Gasteiger charge is -2.28. The first-order valence-corrected chi connectivity index (χ1v) is 10.2. The van der Waals surface area contributed by atoms with E-state index in [9.17, 15) is 4.39 Å². The summed E-state index contributed by atoms with van der Waals surface area (Å²) in [6.07, 6.45) is 3.79. The number of ether oxygens (including phenoxy) is 1. The zero-order valence-corrected chi connectivity index (χ0v) is 17.7. The number of hydrogen-bond donors (Lipinski definition) is 0. The Bertz CT molecular complexity index is 988. The summed E-state index contributed by atoms with van der Waals surface area (Å²) < 4.78 is 21.1. The number of thioether (sulfide) groups is 1. The van der Waals surface area contributed by atoms with Gasteiger partial charge in [-0.15, -0.1) is 0 Å². The van der Waals surface area contributed by atoms with E-state index in [-0.39, 0.29) is 5.75 Å². The number of halogens is 3. The molecule has 0 radical (unpaired) electrons. The van der Waals surface area contributed by atoms with Crippen LogP contribution in [0.1, 0.15) is 25.1 Å². The molecule has 0 atom stereocenters. The summed E-state index contributed by atoms with van der Waals surface area (Å²) in [5.41, 5.74) is 2.30. The Morgan fingerprint density at radius 2 is 1.85 bits per heavy atom. The van der Waals surface area contributed by atoms with E-state index in [1.54, 1.807) is 18.2 Å². The maximum atomic E-state index is 13.9. The third-order valence-corrected chi connectivity index (χ3v) is 5.98. The van der Waals surface area contributed by atoms with Gasteiger partial charge in [-0.05, 0) is 36.1 Å². The summed E-state index contributed by atoms with van der Waals surface area (Å²) in [5.74, 6) is -0.219. The third kappa shape index (κ3) is 3.68. The molecule has 0 aliphatic carbocycles. The van der Waals surface area contributed by atoms with Gasteiger partial charge in [0, 0.05) is 11.5 Å². The molecular weight excluding hydrogens is 406 g/mol. The maximum absolute atomic E-state index is 13.9. The van der Waals surface area contributed by atoms with Crippen LogP contribution in [0.2, 0.25) is 10.0 Å². The van der Waals surface area contributed by atoms with Crippen molar-refractivity contribution in [2.75, 3.05) is 13.4 Å². The first kappa shape index (κ1) is 20.1. The van der Waals surface area contributed by atoms with Crippen molar-refractivity contribution in [3.8, 4) is 11.4 Å². The van der Waals surface area contributed by atoms with Gasteiger partial charge in [0.2, 0.25) is 0 Å². The molecule has 1 aromatic heterocycles. The Kier molecular flexibility index (Phi) is 5.75. The lowest BCUT2D eigenvalue weighted by atomic mass is 9.81. The first-order chi connectivity index (χ1) is 12.8. The standard InChI is InChI=1S/C20H19Cl2FN2OS/c1-20(2,12-5-7-14(21)15(22)9-12)18-11-24-19(27-4)25(18)13-6-8-16(23)17(10-13)26-3/h5-11H,1-4H3. The van der Waals surface area contributed by atoms with Gasteiger partial charge in [0.05, 0.1) is 34.7 Å². The monoisotopic (exact) mass is 424 g/mol. The molecule has 0 unspecified atom stereocenters. The van der Waals surface area contributed by atoms with Gasteiger partial charge in [0.15, 0.2) is 16.7 Å². The Morgan fingerprint density at radius 3 is 2.48 bits per heavy atom. The van der Waals surface area contributed by atoms with Crippen LogP contribution in [0, 0.1) is 5.82 Å². The molecule has 2 aromatic carbocycles. The van der Waals surface area contributed by atoms with Crippen LogP contribution in [0.5, 0.6) is 5.75 Å². The molecular formula is C20H19Cl2FN2OS. The van der Waals surface area contributed by atoms with Gasteiger partial charge in [-0.25, -0.2) is 9.37 Å². The largest absolute Gasteiger partial charge is 0.494 e. The summed E-state index contributed by atoms with van der Waals surface area (Å²) >= 11 is 13.8. The second-order valence-corrected chi connectivity index (χ2v) is 8.13. The maximum Gasteiger partial charge on any atom is 0.172 e. The third-order valence-electron chi connectivity index (χ3n) is 4.59. The summed E-state index contributed by atoms with van der Waals surface area (Å²) in [6.45, 7) is 4.18. The molecule has 3 aromatic rings. The minimum Gasteiger partial charge on any atom is -0.494 e. The molecule has 1 heterocycles. The van der Waals surface area contributed by atoms with Crippen molar-refractivity contribution in [2.24, 2.45) is 0 Å². The predicted molar refractivity (Wildman–Crippen MR) is 110 cm³/mol. The van der Waals surface area contributed by atoms with E-state index < -0.39 is 11.2 Å². The van der Waals surface area contributed by atoms with Crippen LogP contribution in [0.4, 0.5) is 4.39 Å². The van der Waals surface area contributed by atoms with E-state index in [1.165, 1.54) is 24.9 Å². The number of benzene rings is 2. The number of aromatic nitrogens is 2. The molecule has 0 amide bonds. The number of methoxy groups -OCH3 is 1. The fourth-order valence-electron chi connectivity index (χ4n) is 2.99. The van der Waals surface area contributed by atoms with Gasteiger partial charge < -0.3 is 4.74 Å². The van der Waals surface area contributed by atoms with Crippen LogP contribution in [0.25, 0.3) is 5.69 Å². The minimum atomic E-state index is -0.420. The van der Waals surface area contributed by atoms with Gasteiger partial charge in [-0.2, -0.15) is 0 Å². The second kappa shape index (κ2) is 7.74. The lowest BCUT2D eigenvalue weighted by molar-refractivity contribution is 0.386. The molecule has 0 spiro atoms. The summed E-state index contributed by atoms with van der Waals surface area (Å²) in [7, 11) is 1.45. The van der Waals surface area contributed by atoms with Gasteiger partial charge in [-0.3, -0.25) is 4.57 Å². The second-order valence-electron chi connectivity index (χ2n) is 6.54. The predicted octanol–water partition coefficient (Wildman–Crippen LogP) is 6.37. The van der Waals surface area contributed by atoms with E-state index in [0.717, 1.165) is 22.1 Å². The van der Waals surface area contributed by atoms with Crippen LogP contribution in [-0.4, -0.2) is 22.9 Å². The normalized spacial score (nSPS) is 11.7. The van der Waals surface area contributed by atoms with Crippen molar-refractivity contribution in [3.05, 3.63) is 69.7 Å². The summed E-state index contributed by atoms with van der Waals surface area (Å²) in [6, 6.07) is 10.4. The molecule has 0 aliphatic heterocycles. The number of imidazole rings is 1. The molecule has 0 fully saturated rings. The van der Waals surface area contributed by atoms with Gasteiger partial charge >= 0.3 is 0 Å². The van der Waals surface area contributed by atoms with Crippen molar-refractivity contribution in [3.63, 3.8) is 0 Å². The Morgan fingerprint density at radius 1 is 1.11 bits per heavy atom. The molecule has 0 N–H and O–H groups in total. The molecule has 0 aliphatic rings. The molecule has 0 saturated carbocycles. The fraction of sp³-hybridized carbons (Fsp3) is 0.250. The highest BCUT2D eigenvalue weighted by Crippen LogP contribution is 2.38. The van der Waals surface area contributed by atoms with E-state index in [4.69, 9.17) is 27.9 Å². The Balaban J connectivity index is 2.20. The lowest BCUT2D eigenvalue weighted by Crippen LogP contribution is -2.23. The van der Waals surface area contributed by atoms with Crippen molar-refractivity contribution >= 4 is 35.0 Å². The molecule has 3 nitrogen and oxygen atoms in total. The fourth-order valence-corrected chi connectivity index (χ4v) is 3.83. The molecule has 7 heteroatoms. The summed E-state index contributed by atoms with van der Waals surface area (Å²) in [4.78, 5) is 4.55. The van der Waals surface area contributed by atoms with Gasteiger partial charge in [0.25, 0.3) is 0 Å². The van der Waals surface area contributed by atoms with E-state index in [0.29, 0.717) is 10.0 Å². The van der Waals surface area contributed by atoms with Gasteiger partial charge in [0.1, 0.15) is 0 Å². The molecule has 0 bridgehead atoms. The highest BCUT2D eigenvalue weighted by molar-refractivity contribution is 7.98. The SMILES string of the molecule is COc1cc(-n2c(C(C)(C)c3ccc(Cl)c(Cl)c3)cnc2SC)ccc1F. The number of nitrogens with zero attached hydrogens (tertiary/aromatic N) is 2. The zero-order valence-electron chi connectivity index (χ0n) is 15.4. The molecule has 0 saturated heterocycles. The average molecular weight is 425 g/mol. The van der Waals surface area contributed by atoms with Crippen LogP contribution < -0.4 is 4.74 Å². The molecule has 27 heavy (non-hydrogen) atoms. The molecule has 3 rings (SSSR count). The van der Waals surface area contributed by atoms with Crippen LogP contribution >= 0.6 is 35.0 Å². The first-order valence-electron chi connectivity index (χ1n) is 8.21. The number of hydrogen-bond acceptors (Lipinski definition) is 3. The van der Waals surface area contributed by atoms with Gasteiger partial charge in [-0.1, -0.05) is 54.9 Å². The van der Waals surface area contributed by atoms with Crippen LogP contribution in [0.3, 0.4) is 0 Å². The van der Waals surface area contributed by atoms with E-state index in [2.05, 4.69) is 18.8 Å². The van der Waals surface area contributed by atoms with Crippen molar-refractivity contribution in [1.29, 1.82) is 0 Å². The smallest absolute Gasteiger partial charge is 0.172 e.